The van der Waals surface area contributed by atoms with Gasteiger partial charge in [-0.3, -0.25) is 4.79 Å². The molecular weight excluding hydrogens is 336 g/mol. The van der Waals surface area contributed by atoms with Gasteiger partial charge in [0.25, 0.3) is 0 Å². The topological polar surface area (TPSA) is 84.9 Å². The normalized spacial score (nSPS) is 17.3. The van der Waals surface area contributed by atoms with E-state index in [4.69, 9.17) is 9.47 Å². The second-order valence-corrected chi connectivity index (χ2v) is 5.99. The largest absolute Gasteiger partial charge is 0.467 e. The van der Waals surface area contributed by atoms with Gasteiger partial charge < -0.3 is 19.7 Å². The molecule has 1 saturated heterocycles. The summed E-state index contributed by atoms with van der Waals surface area (Å²) in [5, 5.41) is 2.60. The molecule has 2 rings (SSSR count). The van der Waals surface area contributed by atoms with E-state index in [1.54, 1.807) is 0 Å². The van der Waals surface area contributed by atoms with Crippen LogP contribution in [0.5, 0.6) is 0 Å². The summed E-state index contributed by atoms with van der Waals surface area (Å²) >= 11 is 0. The fourth-order valence-electron chi connectivity index (χ4n) is 2.98. The van der Waals surface area contributed by atoms with E-state index in [0.29, 0.717) is 25.8 Å². The Morgan fingerprint density at radius 2 is 2.08 bits per heavy atom. The first-order valence-electron chi connectivity index (χ1n) is 8.53. The van der Waals surface area contributed by atoms with Crippen molar-refractivity contribution in [2.75, 3.05) is 20.3 Å². The number of benzene rings is 1. The Morgan fingerprint density at radius 1 is 1.35 bits per heavy atom. The summed E-state index contributed by atoms with van der Waals surface area (Å²) in [6.45, 7) is 3.98. The first kappa shape index (κ1) is 19.5. The van der Waals surface area contributed by atoms with Crippen molar-refractivity contribution in [3.8, 4) is 0 Å². The van der Waals surface area contributed by atoms with E-state index in [-0.39, 0.29) is 12.5 Å². The molecule has 2 amide bonds. The molecule has 1 aliphatic rings. The van der Waals surface area contributed by atoms with Gasteiger partial charge >= 0.3 is 12.1 Å². The van der Waals surface area contributed by atoms with E-state index in [0.717, 1.165) is 5.56 Å². The molecule has 1 aliphatic heterocycles. The second kappa shape index (κ2) is 9.60. The molecule has 0 radical (unpaired) electrons. The standard InChI is InChI=1S/C19H24N2O5/c1-3-12-26-19(24)20-15(13-14-8-5-4-6-9-14)17(22)21-11-7-10-16(21)18(23)25-2/h3-6,8-9,15-16H,1,7,10-13H2,2H3,(H,20,24)/t15-,16-/m0/s1. The van der Waals surface area contributed by atoms with Crippen molar-refractivity contribution in [3.63, 3.8) is 0 Å². The van der Waals surface area contributed by atoms with Gasteiger partial charge in [-0.15, -0.1) is 0 Å². The van der Waals surface area contributed by atoms with Crippen LogP contribution in [-0.2, 0) is 25.5 Å². The third kappa shape index (κ3) is 5.08. The Bertz CT molecular complexity index is 647. The summed E-state index contributed by atoms with van der Waals surface area (Å²) in [6.07, 6.45) is 2.31. The first-order chi connectivity index (χ1) is 12.6. The average Bonchev–Trinajstić information content (AvgIpc) is 3.15. The number of alkyl carbamates (subject to hydrolysis) is 1. The lowest BCUT2D eigenvalue weighted by atomic mass is 10.0. The maximum atomic E-state index is 13.0. The minimum atomic E-state index is -0.833. The van der Waals surface area contributed by atoms with Gasteiger partial charge in [0.15, 0.2) is 0 Å². The number of hydrogen-bond acceptors (Lipinski definition) is 5. The molecule has 26 heavy (non-hydrogen) atoms. The summed E-state index contributed by atoms with van der Waals surface area (Å²) in [5.41, 5.74) is 0.892. The number of methoxy groups -OCH3 is 1. The summed E-state index contributed by atoms with van der Waals surface area (Å²) in [4.78, 5) is 38.4. The summed E-state index contributed by atoms with van der Waals surface area (Å²) in [5.74, 6) is -0.763. The van der Waals surface area contributed by atoms with Gasteiger partial charge in [0.2, 0.25) is 5.91 Å². The number of ether oxygens (including phenoxy) is 2. The first-order valence-corrected chi connectivity index (χ1v) is 8.53. The van der Waals surface area contributed by atoms with Crippen molar-refractivity contribution in [2.45, 2.75) is 31.3 Å². The highest BCUT2D eigenvalue weighted by Gasteiger charge is 2.38. The number of rotatable bonds is 7. The monoisotopic (exact) mass is 360 g/mol. The molecule has 140 valence electrons. The molecule has 0 unspecified atom stereocenters. The lowest BCUT2D eigenvalue weighted by Crippen LogP contribution is -2.52. The Balaban J connectivity index is 2.15. The van der Waals surface area contributed by atoms with Crippen molar-refractivity contribution in [1.82, 2.24) is 10.2 Å². The van der Waals surface area contributed by atoms with Crippen LogP contribution in [0.2, 0.25) is 0 Å². The summed E-state index contributed by atoms with van der Waals surface area (Å²) < 4.78 is 9.73. The van der Waals surface area contributed by atoms with Crippen molar-refractivity contribution in [2.24, 2.45) is 0 Å². The fraction of sp³-hybridized carbons (Fsp3) is 0.421. The molecule has 1 heterocycles. The number of nitrogens with one attached hydrogen (secondary N) is 1. The highest BCUT2D eigenvalue weighted by atomic mass is 16.5. The zero-order valence-corrected chi connectivity index (χ0v) is 14.8. The maximum Gasteiger partial charge on any atom is 0.408 e. The SMILES string of the molecule is C=CCOC(=O)N[C@@H](Cc1ccccc1)C(=O)N1CCC[C@H]1C(=O)OC. The van der Waals surface area contributed by atoms with E-state index in [1.165, 1.54) is 18.1 Å². The van der Waals surface area contributed by atoms with Crippen LogP contribution in [0.4, 0.5) is 4.79 Å². The van der Waals surface area contributed by atoms with Crippen LogP contribution in [-0.4, -0.2) is 55.2 Å². The molecule has 0 bridgehead atoms. The van der Waals surface area contributed by atoms with Crippen LogP contribution in [0.3, 0.4) is 0 Å². The van der Waals surface area contributed by atoms with Crippen molar-refractivity contribution in [3.05, 3.63) is 48.6 Å². The Hall–Kier alpha value is -2.83. The van der Waals surface area contributed by atoms with Gasteiger partial charge in [0.05, 0.1) is 7.11 Å². The number of esters is 1. The lowest BCUT2D eigenvalue weighted by molar-refractivity contribution is -0.151. The lowest BCUT2D eigenvalue weighted by Gasteiger charge is -2.27. The molecule has 2 atom stereocenters. The molecule has 1 aromatic carbocycles. The van der Waals surface area contributed by atoms with Gasteiger partial charge in [0, 0.05) is 13.0 Å². The molecule has 1 fully saturated rings. The highest BCUT2D eigenvalue weighted by Crippen LogP contribution is 2.20. The average molecular weight is 360 g/mol. The molecule has 0 spiro atoms. The van der Waals surface area contributed by atoms with Gasteiger partial charge in [-0.25, -0.2) is 9.59 Å². The Labute approximate surface area is 153 Å². The maximum absolute atomic E-state index is 13.0. The van der Waals surface area contributed by atoms with Crippen LogP contribution >= 0.6 is 0 Å². The van der Waals surface area contributed by atoms with Gasteiger partial charge in [-0.05, 0) is 18.4 Å². The molecule has 1 N–H and O–H groups in total. The summed E-state index contributed by atoms with van der Waals surface area (Å²) in [7, 11) is 1.30. The smallest absolute Gasteiger partial charge is 0.408 e. The zero-order valence-electron chi connectivity index (χ0n) is 14.8. The van der Waals surface area contributed by atoms with Gasteiger partial charge in [-0.2, -0.15) is 0 Å². The van der Waals surface area contributed by atoms with E-state index in [2.05, 4.69) is 11.9 Å². The number of amides is 2. The van der Waals surface area contributed by atoms with Gasteiger partial charge in [-0.1, -0.05) is 43.0 Å². The third-order valence-corrected chi connectivity index (χ3v) is 4.21. The van der Waals surface area contributed by atoms with Crippen LogP contribution in [0.15, 0.2) is 43.0 Å². The van der Waals surface area contributed by atoms with E-state index < -0.39 is 24.1 Å². The van der Waals surface area contributed by atoms with Crippen LogP contribution < -0.4 is 5.32 Å². The molecule has 0 aliphatic carbocycles. The van der Waals surface area contributed by atoms with E-state index >= 15 is 0 Å². The van der Waals surface area contributed by atoms with E-state index in [1.807, 2.05) is 30.3 Å². The number of hydrogen-bond donors (Lipinski definition) is 1. The third-order valence-electron chi connectivity index (χ3n) is 4.21. The predicted octanol–water partition coefficient (Wildman–Crippen LogP) is 1.67. The molecule has 1 aromatic rings. The van der Waals surface area contributed by atoms with Crippen LogP contribution in [0, 0.1) is 0 Å². The summed E-state index contributed by atoms with van der Waals surface area (Å²) in [6, 6.07) is 7.90. The number of carbonyl (C=O) groups is 3. The van der Waals surface area contributed by atoms with Crippen LogP contribution in [0.1, 0.15) is 18.4 Å². The minimum Gasteiger partial charge on any atom is -0.467 e. The molecule has 7 nitrogen and oxygen atoms in total. The predicted molar refractivity (Wildman–Crippen MR) is 95.4 cm³/mol. The fourth-order valence-corrected chi connectivity index (χ4v) is 2.98. The van der Waals surface area contributed by atoms with E-state index in [9.17, 15) is 14.4 Å². The van der Waals surface area contributed by atoms with Crippen molar-refractivity contribution in [1.29, 1.82) is 0 Å². The second-order valence-electron chi connectivity index (χ2n) is 5.99. The number of nitrogens with zero attached hydrogens (tertiary/aromatic N) is 1. The molecule has 0 saturated carbocycles. The highest BCUT2D eigenvalue weighted by molar-refractivity contribution is 5.90. The number of carbonyl (C=O) groups excluding carboxylic acids is 3. The van der Waals surface area contributed by atoms with Crippen LogP contribution in [0.25, 0.3) is 0 Å². The van der Waals surface area contributed by atoms with Gasteiger partial charge in [0.1, 0.15) is 18.7 Å². The number of likely N-dealkylation sites (tertiary alicyclic amines) is 1. The van der Waals surface area contributed by atoms with Crippen molar-refractivity contribution >= 4 is 18.0 Å². The zero-order chi connectivity index (χ0) is 18.9. The Morgan fingerprint density at radius 3 is 2.73 bits per heavy atom. The molecular formula is C19H24N2O5. The molecule has 7 heteroatoms. The molecule has 0 aromatic heterocycles. The quantitative estimate of drug-likeness (QED) is 0.591. The Kier molecular flexibility index (Phi) is 7.20. The van der Waals surface area contributed by atoms with Crippen molar-refractivity contribution < 1.29 is 23.9 Å². The minimum absolute atomic E-state index is 0.0482.